The standard InChI is InChI=1S/C14H22N4/c1-2-3-9-16-14(17-15)18-10-8-12-6-4-5-7-13(12)11-18/h4-7H,2-3,8-11,15H2,1H3,(H,16,17). The van der Waals surface area contributed by atoms with Crippen molar-refractivity contribution >= 4 is 5.96 Å². The zero-order valence-corrected chi connectivity index (χ0v) is 11.0. The smallest absolute Gasteiger partial charge is 0.208 e. The average molecular weight is 246 g/mol. The summed E-state index contributed by atoms with van der Waals surface area (Å²) < 4.78 is 0. The number of nitrogens with one attached hydrogen (secondary N) is 1. The lowest BCUT2D eigenvalue weighted by Crippen LogP contribution is -2.46. The summed E-state index contributed by atoms with van der Waals surface area (Å²) >= 11 is 0. The van der Waals surface area contributed by atoms with Crippen molar-refractivity contribution in [3.05, 3.63) is 35.4 Å². The van der Waals surface area contributed by atoms with Gasteiger partial charge in [-0.1, -0.05) is 37.6 Å². The minimum atomic E-state index is 0.818. The third-order valence-electron chi connectivity index (χ3n) is 3.33. The summed E-state index contributed by atoms with van der Waals surface area (Å²) in [6.45, 7) is 4.88. The second-order valence-electron chi connectivity index (χ2n) is 4.64. The number of aliphatic imine (C=N–C) groups is 1. The average Bonchev–Trinajstić information content (AvgIpc) is 2.43. The van der Waals surface area contributed by atoms with Crippen molar-refractivity contribution in [2.75, 3.05) is 13.1 Å². The number of hydrogen-bond donors (Lipinski definition) is 2. The molecule has 0 unspecified atom stereocenters. The topological polar surface area (TPSA) is 53.6 Å². The Morgan fingerprint density at radius 3 is 2.89 bits per heavy atom. The van der Waals surface area contributed by atoms with E-state index in [1.807, 2.05) is 0 Å². The third-order valence-corrected chi connectivity index (χ3v) is 3.33. The van der Waals surface area contributed by atoms with Crippen LogP contribution in [-0.4, -0.2) is 23.9 Å². The van der Waals surface area contributed by atoms with Gasteiger partial charge in [0.15, 0.2) is 0 Å². The predicted molar refractivity (Wildman–Crippen MR) is 75.1 cm³/mol. The molecule has 0 aromatic heterocycles. The van der Waals surface area contributed by atoms with Crippen molar-refractivity contribution in [3.8, 4) is 0 Å². The van der Waals surface area contributed by atoms with Crippen LogP contribution in [0.25, 0.3) is 0 Å². The lowest BCUT2D eigenvalue weighted by molar-refractivity contribution is 0.378. The third kappa shape index (κ3) is 3.01. The van der Waals surface area contributed by atoms with Gasteiger partial charge in [0.05, 0.1) is 0 Å². The number of guanidine groups is 1. The van der Waals surface area contributed by atoms with Gasteiger partial charge in [-0.15, -0.1) is 0 Å². The van der Waals surface area contributed by atoms with Crippen LogP contribution in [0.4, 0.5) is 0 Å². The van der Waals surface area contributed by atoms with Crippen LogP contribution in [0.15, 0.2) is 29.3 Å². The maximum atomic E-state index is 5.58. The second kappa shape index (κ2) is 6.40. The lowest BCUT2D eigenvalue weighted by Gasteiger charge is -2.30. The molecule has 4 nitrogen and oxygen atoms in total. The molecule has 0 fully saturated rings. The minimum Gasteiger partial charge on any atom is -0.337 e. The van der Waals surface area contributed by atoms with E-state index in [4.69, 9.17) is 5.84 Å². The summed E-state index contributed by atoms with van der Waals surface area (Å²) in [5.41, 5.74) is 5.56. The Morgan fingerprint density at radius 1 is 1.39 bits per heavy atom. The highest BCUT2D eigenvalue weighted by Crippen LogP contribution is 2.18. The fraction of sp³-hybridized carbons (Fsp3) is 0.500. The van der Waals surface area contributed by atoms with Crippen LogP contribution in [0.3, 0.4) is 0 Å². The van der Waals surface area contributed by atoms with Gasteiger partial charge in [0.1, 0.15) is 0 Å². The van der Waals surface area contributed by atoms with Gasteiger partial charge in [-0.05, 0) is 24.0 Å². The number of hydrazine groups is 1. The summed E-state index contributed by atoms with van der Waals surface area (Å²) in [7, 11) is 0. The number of unbranched alkanes of at least 4 members (excludes halogenated alkanes) is 1. The molecule has 0 radical (unpaired) electrons. The van der Waals surface area contributed by atoms with E-state index in [9.17, 15) is 0 Å². The van der Waals surface area contributed by atoms with Gasteiger partial charge in [0, 0.05) is 19.6 Å². The van der Waals surface area contributed by atoms with E-state index in [-0.39, 0.29) is 0 Å². The molecule has 4 heteroatoms. The number of nitrogens with zero attached hydrogens (tertiary/aromatic N) is 2. The van der Waals surface area contributed by atoms with Crippen LogP contribution in [0.5, 0.6) is 0 Å². The summed E-state index contributed by atoms with van der Waals surface area (Å²) in [5, 5.41) is 0. The molecular formula is C14H22N4. The van der Waals surface area contributed by atoms with Crippen molar-refractivity contribution < 1.29 is 0 Å². The van der Waals surface area contributed by atoms with Crippen molar-refractivity contribution in [1.29, 1.82) is 0 Å². The van der Waals surface area contributed by atoms with E-state index < -0.39 is 0 Å². The molecule has 3 N–H and O–H groups in total. The van der Waals surface area contributed by atoms with Crippen LogP contribution >= 0.6 is 0 Å². The largest absolute Gasteiger partial charge is 0.337 e. The maximum Gasteiger partial charge on any atom is 0.208 e. The van der Waals surface area contributed by atoms with E-state index >= 15 is 0 Å². The molecule has 1 aliphatic heterocycles. The zero-order chi connectivity index (χ0) is 12.8. The molecule has 18 heavy (non-hydrogen) atoms. The van der Waals surface area contributed by atoms with Gasteiger partial charge in [-0.2, -0.15) is 0 Å². The van der Waals surface area contributed by atoms with Crippen molar-refractivity contribution in [2.24, 2.45) is 10.8 Å². The molecule has 0 saturated carbocycles. The SMILES string of the molecule is CCCCN=C(NN)N1CCc2ccccc2C1. The maximum absolute atomic E-state index is 5.58. The minimum absolute atomic E-state index is 0.818. The second-order valence-corrected chi connectivity index (χ2v) is 4.64. The molecule has 0 spiro atoms. The first-order chi connectivity index (χ1) is 8.85. The van der Waals surface area contributed by atoms with Crippen LogP contribution in [-0.2, 0) is 13.0 Å². The van der Waals surface area contributed by atoms with Crippen molar-refractivity contribution in [1.82, 2.24) is 10.3 Å². The molecule has 0 saturated heterocycles. The Labute approximate surface area is 109 Å². The van der Waals surface area contributed by atoms with Crippen LogP contribution in [0, 0.1) is 0 Å². The number of fused-ring (bicyclic) bond motifs is 1. The Hall–Kier alpha value is -1.55. The molecule has 0 aliphatic carbocycles. The summed E-state index contributed by atoms with van der Waals surface area (Å²) in [6, 6.07) is 8.58. The Bertz CT molecular complexity index is 414. The van der Waals surface area contributed by atoms with Gasteiger partial charge in [-0.3, -0.25) is 10.4 Å². The van der Waals surface area contributed by atoms with Gasteiger partial charge in [0.2, 0.25) is 5.96 Å². The Kier molecular flexibility index (Phi) is 4.59. The monoisotopic (exact) mass is 246 g/mol. The number of hydrogen-bond acceptors (Lipinski definition) is 2. The fourth-order valence-electron chi connectivity index (χ4n) is 2.26. The van der Waals surface area contributed by atoms with Gasteiger partial charge < -0.3 is 4.90 Å². The first-order valence-electron chi connectivity index (χ1n) is 6.68. The van der Waals surface area contributed by atoms with Crippen LogP contribution < -0.4 is 11.3 Å². The molecule has 0 atom stereocenters. The Balaban J connectivity index is 2.04. The molecule has 98 valence electrons. The van der Waals surface area contributed by atoms with Crippen LogP contribution in [0.1, 0.15) is 30.9 Å². The van der Waals surface area contributed by atoms with Crippen LogP contribution in [0.2, 0.25) is 0 Å². The quantitative estimate of drug-likeness (QED) is 0.280. The molecule has 2 rings (SSSR count). The number of benzene rings is 1. The van der Waals surface area contributed by atoms with Gasteiger partial charge in [0.25, 0.3) is 0 Å². The summed E-state index contributed by atoms with van der Waals surface area (Å²) in [5.74, 6) is 6.40. The molecule has 0 amide bonds. The number of rotatable bonds is 3. The van der Waals surface area contributed by atoms with E-state index in [1.54, 1.807) is 0 Å². The molecule has 0 bridgehead atoms. The predicted octanol–water partition coefficient (Wildman–Crippen LogP) is 1.66. The first-order valence-corrected chi connectivity index (χ1v) is 6.68. The number of nitrogens with two attached hydrogens (primary N) is 1. The van der Waals surface area contributed by atoms with E-state index in [0.717, 1.165) is 44.9 Å². The van der Waals surface area contributed by atoms with E-state index in [1.165, 1.54) is 11.1 Å². The lowest BCUT2D eigenvalue weighted by atomic mass is 10.0. The Morgan fingerprint density at radius 2 is 2.17 bits per heavy atom. The highest BCUT2D eigenvalue weighted by Gasteiger charge is 2.17. The molecule has 1 aromatic carbocycles. The fourth-order valence-corrected chi connectivity index (χ4v) is 2.26. The summed E-state index contributed by atoms with van der Waals surface area (Å²) in [6.07, 6.45) is 3.32. The van der Waals surface area contributed by atoms with Gasteiger partial charge >= 0.3 is 0 Å². The van der Waals surface area contributed by atoms with Gasteiger partial charge in [-0.25, -0.2) is 5.84 Å². The highest BCUT2D eigenvalue weighted by molar-refractivity contribution is 5.79. The molecule has 1 aliphatic rings. The zero-order valence-electron chi connectivity index (χ0n) is 11.0. The molecule has 1 heterocycles. The van der Waals surface area contributed by atoms with Crippen molar-refractivity contribution in [3.63, 3.8) is 0 Å². The van der Waals surface area contributed by atoms with E-state index in [2.05, 4.69) is 46.5 Å². The molecular weight excluding hydrogens is 224 g/mol. The van der Waals surface area contributed by atoms with E-state index in [0.29, 0.717) is 0 Å². The first kappa shape index (κ1) is 12.9. The van der Waals surface area contributed by atoms with Crippen molar-refractivity contribution in [2.45, 2.75) is 32.7 Å². The highest BCUT2D eigenvalue weighted by atomic mass is 15.4. The normalized spacial score (nSPS) is 15.4. The summed E-state index contributed by atoms with van der Waals surface area (Å²) in [4.78, 5) is 6.76. The molecule has 1 aromatic rings.